The molecule has 0 saturated carbocycles. The van der Waals surface area contributed by atoms with E-state index in [0.717, 1.165) is 0 Å². The molecule has 0 amide bonds. The topological polar surface area (TPSA) is 111 Å². The summed E-state index contributed by atoms with van der Waals surface area (Å²) in [5.74, 6) is -0.446. The minimum atomic E-state index is -1.03. The predicted octanol–water partition coefficient (Wildman–Crippen LogP) is 0.742. The molecule has 0 aliphatic heterocycles. The molecule has 0 aliphatic carbocycles. The van der Waals surface area contributed by atoms with Crippen LogP contribution in [0.4, 0.5) is 5.69 Å². The predicted molar refractivity (Wildman–Crippen MR) is 75.0 cm³/mol. The molecule has 115 valence electrons. The van der Waals surface area contributed by atoms with E-state index in [9.17, 15) is 14.9 Å². The maximum atomic E-state index is 11.1. The van der Waals surface area contributed by atoms with Crippen LogP contribution in [-0.4, -0.2) is 52.3 Å². The Bertz CT molecular complexity index is 537. The second-order valence-electron chi connectivity index (χ2n) is 4.03. The second kappa shape index (κ2) is 7.82. The van der Waals surface area contributed by atoms with E-state index in [1.54, 1.807) is 0 Å². The zero-order valence-electron chi connectivity index (χ0n) is 11.5. The number of ether oxygens (including phenoxy) is 2. The number of nitro benzene ring substituents is 1. The molecule has 0 saturated heterocycles. The van der Waals surface area contributed by atoms with Gasteiger partial charge in [0.05, 0.1) is 0 Å². The average molecular weight is 362 g/mol. The van der Waals surface area contributed by atoms with Crippen LogP contribution in [0.5, 0.6) is 11.5 Å². The summed E-state index contributed by atoms with van der Waals surface area (Å²) in [6.07, 6.45) is 0. The number of rotatable bonds is 8. The van der Waals surface area contributed by atoms with Gasteiger partial charge in [0.1, 0.15) is 0 Å². The van der Waals surface area contributed by atoms with Gasteiger partial charge in [-0.1, -0.05) is 0 Å². The minimum absolute atomic E-state index is 0.0231. The van der Waals surface area contributed by atoms with Crippen molar-refractivity contribution in [2.45, 2.75) is 17.9 Å². The molecule has 0 aliphatic rings. The standard InChI is InChI=1S/C12H15N2O6Se/c1-19-10-3-7(5-13-8(6-21)12(15)16)9(14(17)18)4-11(10)20-2/h3-4,8,13H,5-6H2,1-2H3,(H,15,16)/t8-/m0/s1. The molecule has 0 unspecified atom stereocenters. The molecule has 1 radical (unpaired) electrons. The third-order valence-electron chi connectivity index (χ3n) is 2.79. The molecule has 8 nitrogen and oxygen atoms in total. The first-order valence-electron chi connectivity index (χ1n) is 5.88. The second-order valence-corrected chi connectivity index (χ2v) is 4.73. The molecule has 0 fully saturated rings. The zero-order valence-corrected chi connectivity index (χ0v) is 13.2. The van der Waals surface area contributed by atoms with Crippen LogP contribution >= 0.6 is 0 Å². The van der Waals surface area contributed by atoms with Gasteiger partial charge in [0.2, 0.25) is 0 Å². The van der Waals surface area contributed by atoms with Crippen molar-refractivity contribution in [3.8, 4) is 11.5 Å². The Balaban J connectivity index is 3.09. The van der Waals surface area contributed by atoms with Gasteiger partial charge in [-0.2, -0.15) is 0 Å². The fourth-order valence-corrected chi connectivity index (χ4v) is 2.22. The van der Waals surface area contributed by atoms with Gasteiger partial charge in [0.25, 0.3) is 0 Å². The molecule has 0 aromatic heterocycles. The number of methoxy groups -OCH3 is 2. The van der Waals surface area contributed by atoms with E-state index in [1.165, 1.54) is 26.4 Å². The molecule has 1 atom stereocenters. The molecule has 1 aromatic rings. The quantitative estimate of drug-likeness (QED) is 0.399. The number of nitro groups is 1. The van der Waals surface area contributed by atoms with Gasteiger partial charge in [0, 0.05) is 0 Å². The number of carbonyl (C=O) groups is 1. The van der Waals surface area contributed by atoms with E-state index in [2.05, 4.69) is 21.3 Å². The molecular weight excluding hydrogens is 347 g/mol. The molecule has 0 bridgehead atoms. The van der Waals surface area contributed by atoms with Crippen molar-refractivity contribution < 1.29 is 24.3 Å². The van der Waals surface area contributed by atoms with Crippen LogP contribution < -0.4 is 14.8 Å². The first-order chi connectivity index (χ1) is 9.94. The number of aliphatic carboxylic acids is 1. The van der Waals surface area contributed by atoms with Crippen molar-refractivity contribution in [2.24, 2.45) is 0 Å². The Morgan fingerprint density at radius 2 is 2.00 bits per heavy atom. The summed E-state index contributed by atoms with van der Waals surface area (Å²) in [6.45, 7) is 0.0231. The first kappa shape index (κ1) is 17.2. The number of nitrogens with one attached hydrogen (secondary N) is 1. The third-order valence-corrected chi connectivity index (χ3v) is 3.48. The van der Waals surface area contributed by atoms with Gasteiger partial charge in [-0.3, -0.25) is 0 Å². The van der Waals surface area contributed by atoms with Crippen LogP contribution in [0.25, 0.3) is 0 Å². The summed E-state index contributed by atoms with van der Waals surface area (Å²) in [6, 6.07) is 1.89. The van der Waals surface area contributed by atoms with Gasteiger partial charge in [-0.05, 0) is 0 Å². The molecule has 9 heteroatoms. The van der Waals surface area contributed by atoms with Gasteiger partial charge in [0.15, 0.2) is 0 Å². The van der Waals surface area contributed by atoms with E-state index >= 15 is 0 Å². The summed E-state index contributed by atoms with van der Waals surface area (Å²) in [7, 11) is 2.80. The molecule has 1 rings (SSSR count). The van der Waals surface area contributed by atoms with Crippen molar-refractivity contribution in [1.82, 2.24) is 5.32 Å². The number of carboxylic acids is 1. The monoisotopic (exact) mass is 363 g/mol. The summed E-state index contributed by atoms with van der Waals surface area (Å²) >= 11 is 2.62. The van der Waals surface area contributed by atoms with Crippen LogP contribution in [0, 0.1) is 10.1 Å². The van der Waals surface area contributed by atoms with Crippen molar-refractivity contribution >= 4 is 27.7 Å². The van der Waals surface area contributed by atoms with Gasteiger partial charge >= 0.3 is 129 Å². The zero-order chi connectivity index (χ0) is 16.0. The third kappa shape index (κ3) is 4.32. The Labute approximate surface area is 129 Å². The van der Waals surface area contributed by atoms with Crippen molar-refractivity contribution in [1.29, 1.82) is 0 Å². The number of hydrogen-bond acceptors (Lipinski definition) is 6. The van der Waals surface area contributed by atoms with E-state index in [1.807, 2.05) is 0 Å². The fraction of sp³-hybridized carbons (Fsp3) is 0.417. The molecular formula is C12H15N2O6Se. The Hall–Kier alpha value is -1.83. The van der Waals surface area contributed by atoms with Crippen molar-refractivity contribution in [3.63, 3.8) is 0 Å². The number of benzene rings is 1. The van der Waals surface area contributed by atoms with E-state index in [0.29, 0.717) is 11.3 Å². The van der Waals surface area contributed by atoms with E-state index in [4.69, 9.17) is 14.6 Å². The van der Waals surface area contributed by atoms with Crippen LogP contribution in [0.3, 0.4) is 0 Å². The SMILES string of the molecule is COc1cc(CN[C@@H](C[Se])C(=O)O)c([N+](=O)[O-])cc1OC. The van der Waals surface area contributed by atoms with E-state index < -0.39 is 16.9 Å². The normalized spacial score (nSPS) is 11.8. The Kier molecular flexibility index (Phi) is 6.41. The van der Waals surface area contributed by atoms with Crippen LogP contribution in [0.2, 0.25) is 5.32 Å². The summed E-state index contributed by atoms with van der Waals surface area (Å²) in [4.78, 5) is 21.5. The number of carboxylic acid groups (broad SMARTS) is 1. The number of nitrogens with zero attached hydrogens (tertiary/aromatic N) is 1. The fourth-order valence-electron chi connectivity index (χ4n) is 1.67. The molecule has 0 heterocycles. The first-order valence-corrected chi connectivity index (χ1v) is 7.09. The maximum absolute atomic E-state index is 11.1. The average Bonchev–Trinajstić information content (AvgIpc) is 2.46. The van der Waals surface area contributed by atoms with E-state index in [-0.39, 0.29) is 23.3 Å². The van der Waals surface area contributed by atoms with Crippen LogP contribution in [0.1, 0.15) is 5.56 Å². The van der Waals surface area contributed by atoms with Gasteiger partial charge < -0.3 is 0 Å². The summed E-state index contributed by atoms with van der Waals surface area (Å²) < 4.78 is 10.1. The summed E-state index contributed by atoms with van der Waals surface area (Å²) in [5.41, 5.74) is 0.154. The Morgan fingerprint density at radius 3 is 2.43 bits per heavy atom. The number of hydrogen-bond donors (Lipinski definition) is 2. The van der Waals surface area contributed by atoms with Crippen LogP contribution in [-0.2, 0) is 11.3 Å². The Morgan fingerprint density at radius 1 is 1.43 bits per heavy atom. The molecule has 1 aromatic carbocycles. The van der Waals surface area contributed by atoms with Gasteiger partial charge in [-0.15, -0.1) is 0 Å². The van der Waals surface area contributed by atoms with Crippen molar-refractivity contribution in [3.05, 3.63) is 27.8 Å². The van der Waals surface area contributed by atoms with Crippen LogP contribution in [0.15, 0.2) is 12.1 Å². The molecule has 2 N–H and O–H groups in total. The van der Waals surface area contributed by atoms with Gasteiger partial charge in [-0.25, -0.2) is 0 Å². The summed E-state index contributed by atoms with van der Waals surface area (Å²) in [5, 5.41) is 23.0. The van der Waals surface area contributed by atoms with Crippen molar-refractivity contribution in [2.75, 3.05) is 14.2 Å². The molecule has 21 heavy (non-hydrogen) atoms. The molecule has 0 spiro atoms.